The Morgan fingerprint density at radius 3 is 2.00 bits per heavy atom. The second-order valence-electron chi connectivity index (χ2n) is 4.64. The van der Waals surface area contributed by atoms with Gasteiger partial charge in [-0.15, -0.1) is 0 Å². The van der Waals surface area contributed by atoms with Crippen LogP contribution < -0.4 is 10.6 Å². The topological polar surface area (TPSA) is 46.3 Å². The second-order valence-corrected chi connectivity index (χ2v) is 4.64. The highest BCUT2D eigenvalue weighted by atomic mass is 16.1. The fraction of sp³-hybridized carbons (Fsp3) is 0.417. The molecule has 0 saturated carbocycles. The predicted octanol–water partition coefficient (Wildman–Crippen LogP) is 2.02. The molecule has 15 heavy (non-hydrogen) atoms. The first-order valence-electron chi connectivity index (χ1n) is 4.96. The highest BCUT2D eigenvalue weighted by Gasteiger charge is 2.17. The maximum atomic E-state index is 10.9. The first-order chi connectivity index (χ1) is 6.82. The van der Waals surface area contributed by atoms with Crippen molar-refractivity contribution in [1.29, 1.82) is 0 Å². The molecule has 0 aliphatic carbocycles. The maximum absolute atomic E-state index is 10.9. The van der Waals surface area contributed by atoms with Crippen molar-refractivity contribution >= 4 is 11.6 Å². The van der Waals surface area contributed by atoms with Crippen LogP contribution in [-0.4, -0.2) is 18.5 Å². The molecule has 0 aliphatic rings. The number of hydrogen-bond donors (Lipinski definition) is 1. The lowest BCUT2D eigenvalue weighted by Crippen LogP contribution is -2.38. The Labute approximate surface area is 90.9 Å². The van der Waals surface area contributed by atoms with Crippen molar-refractivity contribution in [2.45, 2.75) is 26.3 Å². The van der Waals surface area contributed by atoms with E-state index in [2.05, 4.69) is 25.7 Å². The number of hydrogen-bond acceptors (Lipinski definition) is 2. The van der Waals surface area contributed by atoms with Gasteiger partial charge in [0.15, 0.2) is 0 Å². The van der Waals surface area contributed by atoms with E-state index in [-0.39, 0.29) is 11.4 Å². The van der Waals surface area contributed by atoms with Crippen molar-refractivity contribution in [3.05, 3.63) is 29.8 Å². The molecule has 0 bridgehead atoms. The van der Waals surface area contributed by atoms with E-state index in [4.69, 9.17) is 5.73 Å². The van der Waals surface area contributed by atoms with Crippen molar-refractivity contribution in [3.8, 4) is 0 Å². The van der Waals surface area contributed by atoms with E-state index in [1.165, 1.54) is 0 Å². The smallest absolute Gasteiger partial charge is 0.248 e. The molecule has 1 aromatic carbocycles. The van der Waals surface area contributed by atoms with E-state index in [0.29, 0.717) is 5.56 Å². The molecule has 0 aromatic heterocycles. The Balaban J connectivity index is 2.94. The van der Waals surface area contributed by atoms with Gasteiger partial charge in [0.1, 0.15) is 0 Å². The van der Waals surface area contributed by atoms with Gasteiger partial charge in [-0.1, -0.05) is 0 Å². The molecule has 1 rings (SSSR count). The third kappa shape index (κ3) is 2.72. The largest absolute Gasteiger partial charge is 0.370 e. The Hall–Kier alpha value is -1.51. The molecule has 1 aromatic rings. The minimum atomic E-state index is -0.389. The fourth-order valence-corrected chi connectivity index (χ4v) is 1.24. The number of primary amides is 1. The number of amides is 1. The fourth-order valence-electron chi connectivity index (χ4n) is 1.24. The predicted molar refractivity (Wildman–Crippen MR) is 63.1 cm³/mol. The zero-order valence-electron chi connectivity index (χ0n) is 9.74. The zero-order chi connectivity index (χ0) is 11.6. The summed E-state index contributed by atoms with van der Waals surface area (Å²) in [5.74, 6) is -0.389. The van der Waals surface area contributed by atoms with E-state index in [9.17, 15) is 4.79 Å². The van der Waals surface area contributed by atoms with Gasteiger partial charge in [-0.05, 0) is 45.0 Å². The van der Waals surface area contributed by atoms with E-state index in [0.717, 1.165) is 5.69 Å². The minimum absolute atomic E-state index is 0.0637. The molecule has 1 amide bonds. The van der Waals surface area contributed by atoms with Gasteiger partial charge in [0, 0.05) is 23.8 Å². The summed E-state index contributed by atoms with van der Waals surface area (Å²) in [5, 5.41) is 0. The summed E-state index contributed by atoms with van der Waals surface area (Å²) in [6.07, 6.45) is 0. The van der Waals surface area contributed by atoms with Crippen LogP contribution in [0.25, 0.3) is 0 Å². The van der Waals surface area contributed by atoms with Gasteiger partial charge < -0.3 is 10.6 Å². The van der Waals surface area contributed by atoms with Crippen molar-refractivity contribution in [3.63, 3.8) is 0 Å². The lowest BCUT2D eigenvalue weighted by atomic mass is 10.1. The molecular formula is C12H18N2O. The van der Waals surface area contributed by atoms with E-state index in [1.54, 1.807) is 12.1 Å². The first-order valence-corrected chi connectivity index (χ1v) is 4.96. The van der Waals surface area contributed by atoms with Crippen LogP contribution in [0.5, 0.6) is 0 Å². The molecule has 0 aliphatic heterocycles. The molecule has 2 N–H and O–H groups in total. The Morgan fingerprint density at radius 1 is 1.20 bits per heavy atom. The summed E-state index contributed by atoms with van der Waals surface area (Å²) in [4.78, 5) is 13.0. The Bertz CT molecular complexity index is 349. The third-order valence-corrected chi connectivity index (χ3v) is 2.55. The number of carbonyl (C=O) groups excluding carboxylic acids is 1. The van der Waals surface area contributed by atoms with Crippen LogP contribution in [0.15, 0.2) is 24.3 Å². The van der Waals surface area contributed by atoms with Crippen LogP contribution in [-0.2, 0) is 0 Å². The third-order valence-electron chi connectivity index (χ3n) is 2.55. The molecule has 0 fully saturated rings. The number of carbonyl (C=O) groups is 1. The molecule has 0 atom stereocenters. The van der Waals surface area contributed by atoms with Gasteiger partial charge in [-0.2, -0.15) is 0 Å². The maximum Gasteiger partial charge on any atom is 0.248 e. The van der Waals surface area contributed by atoms with Crippen molar-refractivity contribution in [2.24, 2.45) is 5.73 Å². The van der Waals surface area contributed by atoms with Gasteiger partial charge in [0.25, 0.3) is 0 Å². The highest BCUT2D eigenvalue weighted by molar-refractivity contribution is 5.93. The summed E-state index contributed by atoms with van der Waals surface area (Å²) in [6.45, 7) is 6.40. The lowest BCUT2D eigenvalue weighted by molar-refractivity contribution is 0.100. The van der Waals surface area contributed by atoms with E-state index < -0.39 is 0 Å². The number of nitrogens with two attached hydrogens (primary N) is 1. The number of rotatable bonds is 2. The van der Waals surface area contributed by atoms with Crippen molar-refractivity contribution < 1.29 is 4.79 Å². The minimum Gasteiger partial charge on any atom is -0.370 e. The van der Waals surface area contributed by atoms with E-state index in [1.807, 2.05) is 19.2 Å². The standard InChI is InChI=1S/C12H18N2O/c1-12(2,3)14(4)10-7-5-9(6-8-10)11(13)15/h5-8H,1-4H3,(H2,13,15). The summed E-state index contributed by atoms with van der Waals surface area (Å²) >= 11 is 0. The molecular weight excluding hydrogens is 188 g/mol. The second kappa shape index (κ2) is 3.93. The van der Waals surface area contributed by atoms with Crippen LogP contribution in [0.4, 0.5) is 5.69 Å². The average molecular weight is 206 g/mol. The van der Waals surface area contributed by atoms with Crippen LogP contribution >= 0.6 is 0 Å². The molecule has 3 heteroatoms. The lowest BCUT2D eigenvalue weighted by Gasteiger charge is -2.34. The molecule has 0 heterocycles. The number of benzene rings is 1. The molecule has 0 unspecified atom stereocenters. The molecule has 0 radical (unpaired) electrons. The Morgan fingerprint density at radius 2 is 1.67 bits per heavy atom. The molecule has 0 saturated heterocycles. The van der Waals surface area contributed by atoms with Gasteiger partial charge in [-0.25, -0.2) is 0 Å². The van der Waals surface area contributed by atoms with Crippen LogP contribution in [0.3, 0.4) is 0 Å². The molecule has 0 spiro atoms. The summed E-state index contributed by atoms with van der Waals surface area (Å²) < 4.78 is 0. The van der Waals surface area contributed by atoms with Crippen molar-refractivity contribution in [1.82, 2.24) is 0 Å². The van der Waals surface area contributed by atoms with Crippen molar-refractivity contribution in [2.75, 3.05) is 11.9 Å². The number of anilines is 1. The monoisotopic (exact) mass is 206 g/mol. The average Bonchev–Trinajstić information content (AvgIpc) is 2.15. The van der Waals surface area contributed by atoms with E-state index >= 15 is 0 Å². The molecule has 3 nitrogen and oxygen atoms in total. The highest BCUT2D eigenvalue weighted by Crippen LogP contribution is 2.21. The quantitative estimate of drug-likeness (QED) is 0.804. The zero-order valence-corrected chi connectivity index (χ0v) is 9.74. The van der Waals surface area contributed by atoms with Crippen LogP contribution in [0.2, 0.25) is 0 Å². The summed E-state index contributed by atoms with van der Waals surface area (Å²) in [7, 11) is 2.03. The first kappa shape index (κ1) is 11.6. The van der Waals surface area contributed by atoms with Gasteiger partial charge in [0.2, 0.25) is 5.91 Å². The molecule has 82 valence electrons. The summed E-state index contributed by atoms with van der Waals surface area (Å²) in [5.41, 5.74) is 6.86. The normalized spacial score (nSPS) is 11.2. The van der Waals surface area contributed by atoms with Gasteiger partial charge in [-0.3, -0.25) is 4.79 Å². The SMILES string of the molecule is CN(c1ccc(C(N)=O)cc1)C(C)(C)C. The van der Waals surface area contributed by atoms with Crippen LogP contribution in [0, 0.1) is 0 Å². The summed E-state index contributed by atoms with van der Waals surface area (Å²) in [6, 6.07) is 7.32. The van der Waals surface area contributed by atoms with Gasteiger partial charge in [0.05, 0.1) is 0 Å². The number of nitrogens with zero attached hydrogens (tertiary/aromatic N) is 1. The van der Waals surface area contributed by atoms with Gasteiger partial charge >= 0.3 is 0 Å². The van der Waals surface area contributed by atoms with Crippen LogP contribution in [0.1, 0.15) is 31.1 Å². The Kier molecular flexibility index (Phi) is 3.03.